The molecule has 1 aliphatic carbocycles. The van der Waals surface area contributed by atoms with Crippen molar-refractivity contribution in [3.63, 3.8) is 0 Å². The van der Waals surface area contributed by atoms with Gasteiger partial charge in [0.1, 0.15) is 25.0 Å². The van der Waals surface area contributed by atoms with Gasteiger partial charge in [-0.05, 0) is 73.6 Å². The molecule has 5 aliphatic rings. The SMILES string of the molecule is O=C1CCC(N2Cc3cc(OC4CCCCC4)ccc3C2=O)C(=O)N1.c1cc2c(cc1C1CNC1)OCCO2. The molecular formula is C30H35N3O6. The maximum Gasteiger partial charge on any atom is 0.255 e. The van der Waals surface area contributed by atoms with E-state index in [1.807, 2.05) is 18.2 Å². The number of amides is 3. The monoisotopic (exact) mass is 533 g/mol. The second-order valence-corrected chi connectivity index (χ2v) is 10.9. The first kappa shape index (κ1) is 25.7. The Morgan fingerprint density at radius 3 is 2.41 bits per heavy atom. The minimum Gasteiger partial charge on any atom is -0.490 e. The van der Waals surface area contributed by atoms with Crippen LogP contribution in [0.3, 0.4) is 0 Å². The molecule has 4 aliphatic heterocycles. The van der Waals surface area contributed by atoms with Gasteiger partial charge in [0.2, 0.25) is 11.8 Å². The first-order valence-corrected chi connectivity index (χ1v) is 14.1. The summed E-state index contributed by atoms with van der Waals surface area (Å²) >= 11 is 0. The number of hydrogen-bond acceptors (Lipinski definition) is 7. The second kappa shape index (κ2) is 11.3. The molecule has 0 bridgehead atoms. The Bertz CT molecular complexity index is 1250. The number of carbonyl (C=O) groups is 3. The Morgan fingerprint density at radius 2 is 1.67 bits per heavy atom. The van der Waals surface area contributed by atoms with Crippen molar-refractivity contribution in [2.24, 2.45) is 0 Å². The van der Waals surface area contributed by atoms with Crippen LogP contribution in [0.2, 0.25) is 0 Å². The maximum atomic E-state index is 12.6. The van der Waals surface area contributed by atoms with Gasteiger partial charge in [0.15, 0.2) is 11.5 Å². The smallest absolute Gasteiger partial charge is 0.255 e. The Hall–Kier alpha value is -3.59. The molecule has 1 atom stereocenters. The second-order valence-electron chi connectivity index (χ2n) is 10.9. The summed E-state index contributed by atoms with van der Waals surface area (Å²) in [6, 6.07) is 11.3. The lowest BCUT2D eigenvalue weighted by atomic mass is 9.93. The van der Waals surface area contributed by atoms with E-state index in [0.717, 1.165) is 48.7 Å². The topological polar surface area (TPSA) is 106 Å². The molecule has 206 valence electrons. The Labute approximate surface area is 228 Å². The number of fused-ring (bicyclic) bond motifs is 2. The number of benzene rings is 2. The fraction of sp³-hybridized carbons (Fsp3) is 0.500. The standard InChI is InChI=1S/C19H22N2O4.C11H13NO2/c22-17-9-8-16(18(23)20-17)21-11-12-10-14(6-7-15(12)19(21)24)25-13-4-2-1-3-5-13;1-2-10-11(14-4-3-13-10)5-8(1)9-6-12-7-9/h6-7,10,13,16H,1-5,8-9,11H2,(H,20,22,23);1-2,5,9,12H,3-4,6-7H2. The normalized spacial score (nSPS) is 22.8. The van der Waals surface area contributed by atoms with Crippen molar-refractivity contribution in [2.45, 2.75) is 69.6 Å². The minimum absolute atomic E-state index is 0.145. The fourth-order valence-corrected chi connectivity index (χ4v) is 5.84. The summed E-state index contributed by atoms with van der Waals surface area (Å²) in [6.07, 6.45) is 6.77. The van der Waals surface area contributed by atoms with Crippen LogP contribution in [0.4, 0.5) is 0 Å². The van der Waals surface area contributed by atoms with E-state index in [0.29, 0.717) is 37.7 Å². The molecule has 0 spiro atoms. The molecule has 2 N–H and O–H groups in total. The number of carbonyl (C=O) groups excluding carboxylic acids is 3. The third-order valence-electron chi connectivity index (χ3n) is 8.17. The molecular weight excluding hydrogens is 498 g/mol. The number of rotatable bonds is 4. The Balaban J connectivity index is 0.000000166. The number of piperidine rings is 1. The van der Waals surface area contributed by atoms with E-state index in [1.54, 1.807) is 11.0 Å². The first-order chi connectivity index (χ1) is 19.0. The molecule has 3 amide bonds. The van der Waals surface area contributed by atoms with Gasteiger partial charge in [-0.3, -0.25) is 19.7 Å². The zero-order valence-electron chi connectivity index (χ0n) is 22.1. The molecule has 2 aromatic rings. The third kappa shape index (κ3) is 5.59. The molecule has 9 nitrogen and oxygen atoms in total. The van der Waals surface area contributed by atoms with Gasteiger partial charge in [-0.1, -0.05) is 12.5 Å². The van der Waals surface area contributed by atoms with Gasteiger partial charge < -0.3 is 24.4 Å². The Kier molecular flexibility index (Phi) is 7.41. The van der Waals surface area contributed by atoms with Gasteiger partial charge in [-0.2, -0.15) is 0 Å². The van der Waals surface area contributed by atoms with Crippen LogP contribution in [0, 0.1) is 0 Å². The van der Waals surface area contributed by atoms with Crippen LogP contribution in [0.25, 0.3) is 0 Å². The number of imide groups is 1. The van der Waals surface area contributed by atoms with E-state index in [1.165, 1.54) is 24.8 Å². The molecule has 0 radical (unpaired) electrons. The van der Waals surface area contributed by atoms with Crippen molar-refractivity contribution in [3.8, 4) is 17.2 Å². The minimum atomic E-state index is -0.569. The van der Waals surface area contributed by atoms with Gasteiger partial charge in [-0.15, -0.1) is 0 Å². The molecule has 1 unspecified atom stereocenters. The predicted molar refractivity (Wildman–Crippen MR) is 143 cm³/mol. The summed E-state index contributed by atoms with van der Waals surface area (Å²) in [5, 5.41) is 5.59. The van der Waals surface area contributed by atoms with Crippen molar-refractivity contribution < 1.29 is 28.6 Å². The molecule has 0 aromatic heterocycles. The van der Waals surface area contributed by atoms with Crippen LogP contribution in [0.1, 0.15) is 72.3 Å². The number of nitrogens with zero attached hydrogens (tertiary/aromatic N) is 1. The lowest BCUT2D eigenvalue weighted by molar-refractivity contribution is -0.136. The molecule has 1 saturated carbocycles. The lowest BCUT2D eigenvalue weighted by Crippen LogP contribution is -2.52. The summed E-state index contributed by atoms with van der Waals surface area (Å²) in [4.78, 5) is 37.6. The van der Waals surface area contributed by atoms with Crippen LogP contribution in [-0.4, -0.2) is 61.1 Å². The molecule has 39 heavy (non-hydrogen) atoms. The van der Waals surface area contributed by atoms with Gasteiger partial charge in [0, 0.05) is 37.5 Å². The van der Waals surface area contributed by atoms with Crippen LogP contribution in [0.15, 0.2) is 36.4 Å². The Morgan fingerprint density at radius 1 is 0.872 bits per heavy atom. The van der Waals surface area contributed by atoms with Crippen LogP contribution < -0.4 is 24.8 Å². The first-order valence-electron chi connectivity index (χ1n) is 14.1. The van der Waals surface area contributed by atoms with Crippen LogP contribution in [0.5, 0.6) is 17.2 Å². The highest BCUT2D eigenvalue weighted by Gasteiger charge is 2.39. The largest absolute Gasteiger partial charge is 0.490 e. The average molecular weight is 534 g/mol. The van der Waals surface area contributed by atoms with Crippen molar-refractivity contribution in [1.29, 1.82) is 0 Å². The average Bonchev–Trinajstić information content (AvgIpc) is 3.24. The van der Waals surface area contributed by atoms with Gasteiger partial charge in [0.25, 0.3) is 5.91 Å². The van der Waals surface area contributed by atoms with E-state index in [2.05, 4.69) is 22.8 Å². The third-order valence-corrected chi connectivity index (χ3v) is 8.17. The van der Waals surface area contributed by atoms with E-state index >= 15 is 0 Å². The molecule has 3 fully saturated rings. The maximum absolute atomic E-state index is 12.6. The molecule has 4 heterocycles. The highest BCUT2D eigenvalue weighted by atomic mass is 16.6. The fourth-order valence-electron chi connectivity index (χ4n) is 5.84. The van der Waals surface area contributed by atoms with Crippen molar-refractivity contribution >= 4 is 17.7 Å². The van der Waals surface area contributed by atoms with Crippen molar-refractivity contribution in [1.82, 2.24) is 15.5 Å². The van der Waals surface area contributed by atoms with Gasteiger partial charge in [0.05, 0.1) is 6.10 Å². The highest BCUT2D eigenvalue weighted by molar-refractivity contribution is 6.05. The van der Waals surface area contributed by atoms with E-state index < -0.39 is 6.04 Å². The zero-order chi connectivity index (χ0) is 26.8. The molecule has 7 rings (SSSR count). The van der Waals surface area contributed by atoms with Crippen LogP contribution in [-0.2, 0) is 16.1 Å². The van der Waals surface area contributed by atoms with Gasteiger partial charge >= 0.3 is 0 Å². The lowest BCUT2D eigenvalue weighted by Gasteiger charge is -2.29. The van der Waals surface area contributed by atoms with E-state index in [-0.39, 0.29) is 30.2 Å². The highest BCUT2D eigenvalue weighted by Crippen LogP contribution is 2.34. The zero-order valence-corrected chi connectivity index (χ0v) is 22.1. The van der Waals surface area contributed by atoms with E-state index in [9.17, 15) is 14.4 Å². The summed E-state index contributed by atoms with van der Waals surface area (Å²) < 4.78 is 17.1. The van der Waals surface area contributed by atoms with E-state index in [4.69, 9.17) is 14.2 Å². The molecule has 2 aromatic carbocycles. The van der Waals surface area contributed by atoms with Crippen LogP contribution >= 0.6 is 0 Å². The number of nitrogens with one attached hydrogen (secondary N) is 2. The summed E-state index contributed by atoms with van der Waals surface area (Å²) in [7, 11) is 0. The molecule has 9 heteroatoms. The summed E-state index contributed by atoms with van der Waals surface area (Å²) in [6.45, 7) is 3.89. The molecule has 2 saturated heterocycles. The number of ether oxygens (including phenoxy) is 3. The van der Waals surface area contributed by atoms with Crippen molar-refractivity contribution in [3.05, 3.63) is 53.1 Å². The van der Waals surface area contributed by atoms with Gasteiger partial charge in [-0.25, -0.2) is 0 Å². The quantitative estimate of drug-likeness (QED) is 0.581. The van der Waals surface area contributed by atoms with Crippen molar-refractivity contribution in [2.75, 3.05) is 26.3 Å². The number of hydrogen-bond donors (Lipinski definition) is 2. The summed E-state index contributed by atoms with van der Waals surface area (Å²) in [5.74, 6) is 2.45. The predicted octanol–water partition coefficient (Wildman–Crippen LogP) is 3.30. The summed E-state index contributed by atoms with van der Waals surface area (Å²) in [5.41, 5.74) is 2.87.